The number of carbonyl (C=O) groups is 3. The van der Waals surface area contributed by atoms with Crippen LogP contribution in [0.1, 0.15) is 136 Å². The van der Waals surface area contributed by atoms with Crippen molar-refractivity contribution in [3.63, 3.8) is 0 Å². The van der Waals surface area contributed by atoms with Gasteiger partial charge in [-0.3, -0.25) is 9.59 Å². The number of likely N-dealkylation sites (N-methyl/N-ethyl adjacent to an activating group) is 1. The standard InChI is InChI=1S/C48H77NO7/c1-6-8-10-12-14-16-18-20-22-24-26-28-30-32-34-36-38-46(50)55-43-44(42-54-41-40-45(48(52)53)49(3,4)5)56-47(51)39-37-35-33-31-29-27-25-23-21-19-17-15-13-11-9-7-2/h8-11,14-17,20-23,26-29,44-45H,6-7,12-13,18-19,24-25,30-43H2,1-5H3/p+1/b10-8+,11-9+,16-14+,17-15+,22-20+,23-21+,28-26+,29-27+. The number of carbonyl (C=O) groups excluding carboxylic acids is 2. The van der Waals surface area contributed by atoms with Crippen molar-refractivity contribution in [2.24, 2.45) is 0 Å². The summed E-state index contributed by atoms with van der Waals surface area (Å²) < 4.78 is 17.2. The Balaban J connectivity index is 4.51. The molecule has 56 heavy (non-hydrogen) atoms. The van der Waals surface area contributed by atoms with Crippen LogP contribution in [0.15, 0.2) is 97.2 Å². The van der Waals surface area contributed by atoms with Crippen molar-refractivity contribution >= 4 is 17.9 Å². The van der Waals surface area contributed by atoms with Crippen molar-refractivity contribution in [2.75, 3.05) is 41.0 Å². The van der Waals surface area contributed by atoms with Gasteiger partial charge in [-0.25, -0.2) is 4.79 Å². The van der Waals surface area contributed by atoms with Gasteiger partial charge in [0.25, 0.3) is 0 Å². The Bertz CT molecular complexity index is 1230. The number of hydrogen-bond donors (Lipinski definition) is 1. The van der Waals surface area contributed by atoms with E-state index in [-0.39, 0.29) is 42.7 Å². The zero-order valence-corrected chi connectivity index (χ0v) is 35.8. The molecule has 0 aromatic rings. The van der Waals surface area contributed by atoms with Gasteiger partial charge in [-0.15, -0.1) is 0 Å². The van der Waals surface area contributed by atoms with Gasteiger partial charge < -0.3 is 23.8 Å². The number of quaternary nitrogens is 1. The number of esters is 2. The maximum absolute atomic E-state index is 12.7. The SMILES string of the molecule is CC/C=C/C/C=C/C/C=C/C/C=C/CCCCCC(=O)OCC(COCCC(C(=O)O)[N+](C)(C)C)OC(=O)CCCCC/C=C/C/C=C/C/C=C/C/C=C/CC. The number of ether oxygens (including phenoxy) is 3. The molecule has 2 unspecified atom stereocenters. The largest absolute Gasteiger partial charge is 0.477 e. The summed E-state index contributed by atoms with van der Waals surface area (Å²) in [5.41, 5.74) is 0. The van der Waals surface area contributed by atoms with Crippen LogP contribution in [0.25, 0.3) is 0 Å². The Morgan fingerprint density at radius 3 is 1.36 bits per heavy atom. The summed E-state index contributed by atoms with van der Waals surface area (Å²) in [4.78, 5) is 36.9. The van der Waals surface area contributed by atoms with E-state index in [2.05, 4.69) is 111 Å². The third kappa shape index (κ3) is 35.9. The van der Waals surface area contributed by atoms with Gasteiger partial charge in [0.05, 0.1) is 34.4 Å². The monoisotopic (exact) mass is 781 g/mol. The van der Waals surface area contributed by atoms with Crippen LogP contribution < -0.4 is 0 Å². The van der Waals surface area contributed by atoms with Gasteiger partial charge in [0.15, 0.2) is 12.1 Å². The topological polar surface area (TPSA) is 99.1 Å². The lowest BCUT2D eigenvalue weighted by Crippen LogP contribution is -2.50. The van der Waals surface area contributed by atoms with Gasteiger partial charge in [-0.1, -0.05) is 124 Å². The Morgan fingerprint density at radius 1 is 0.536 bits per heavy atom. The average molecular weight is 781 g/mol. The van der Waals surface area contributed by atoms with Crippen LogP contribution in [0.5, 0.6) is 0 Å². The molecule has 0 amide bonds. The number of aliphatic carboxylic acids is 1. The molecular formula is C48H78NO7+. The minimum absolute atomic E-state index is 0.0310. The second-order valence-corrected chi connectivity index (χ2v) is 14.8. The molecule has 0 spiro atoms. The van der Waals surface area contributed by atoms with Crippen molar-refractivity contribution < 1.29 is 38.2 Å². The van der Waals surface area contributed by atoms with Crippen LogP contribution in [0.2, 0.25) is 0 Å². The molecule has 0 radical (unpaired) electrons. The summed E-state index contributed by atoms with van der Waals surface area (Å²) in [7, 11) is 5.49. The third-order valence-corrected chi connectivity index (χ3v) is 8.73. The number of carboxylic acids is 1. The predicted molar refractivity (Wildman–Crippen MR) is 233 cm³/mol. The minimum atomic E-state index is -0.890. The molecule has 8 heteroatoms. The van der Waals surface area contributed by atoms with E-state index in [4.69, 9.17) is 14.2 Å². The molecule has 0 aliphatic rings. The van der Waals surface area contributed by atoms with Gasteiger partial charge in [0.1, 0.15) is 6.61 Å². The van der Waals surface area contributed by atoms with E-state index in [0.29, 0.717) is 19.3 Å². The molecule has 0 heterocycles. The molecule has 1 N–H and O–H groups in total. The van der Waals surface area contributed by atoms with Gasteiger partial charge in [-0.2, -0.15) is 0 Å². The number of hydrogen-bond acceptors (Lipinski definition) is 6. The molecule has 0 aromatic heterocycles. The smallest absolute Gasteiger partial charge is 0.362 e. The molecule has 0 aliphatic carbocycles. The number of nitrogens with zero attached hydrogens (tertiary/aromatic N) is 1. The zero-order chi connectivity index (χ0) is 41.4. The highest BCUT2D eigenvalue weighted by Gasteiger charge is 2.31. The van der Waals surface area contributed by atoms with E-state index in [0.717, 1.165) is 96.3 Å². The number of carboxylic acid groups (broad SMARTS) is 1. The average Bonchev–Trinajstić information content (AvgIpc) is 3.15. The maximum atomic E-state index is 12.7. The molecule has 316 valence electrons. The van der Waals surface area contributed by atoms with E-state index in [9.17, 15) is 19.5 Å². The number of allylic oxidation sites excluding steroid dienone is 16. The van der Waals surface area contributed by atoms with E-state index in [1.807, 2.05) is 21.1 Å². The fraction of sp³-hybridized carbons (Fsp3) is 0.604. The molecule has 0 bridgehead atoms. The van der Waals surface area contributed by atoms with Gasteiger partial charge in [0.2, 0.25) is 0 Å². The second kappa shape index (κ2) is 38.1. The lowest BCUT2D eigenvalue weighted by atomic mass is 10.1. The van der Waals surface area contributed by atoms with Crippen LogP contribution in [0.4, 0.5) is 0 Å². The van der Waals surface area contributed by atoms with E-state index < -0.39 is 18.1 Å². The fourth-order valence-electron chi connectivity index (χ4n) is 5.48. The van der Waals surface area contributed by atoms with Crippen LogP contribution in [0.3, 0.4) is 0 Å². The van der Waals surface area contributed by atoms with E-state index in [1.165, 1.54) is 0 Å². The van der Waals surface area contributed by atoms with Crippen molar-refractivity contribution in [1.82, 2.24) is 0 Å². The first kappa shape index (κ1) is 52.2. The molecule has 0 saturated heterocycles. The first-order chi connectivity index (χ1) is 27.1. The van der Waals surface area contributed by atoms with Crippen LogP contribution in [-0.4, -0.2) is 80.6 Å². The number of rotatable bonds is 36. The summed E-state index contributed by atoms with van der Waals surface area (Å²) in [6, 6.07) is -0.631. The Hall–Kier alpha value is -3.75. The molecule has 2 atom stereocenters. The molecular weight excluding hydrogens is 703 g/mol. The van der Waals surface area contributed by atoms with Gasteiger partial charge in [-0.05, 0) is 89.9 Å². The summed E-state index contributed by atoms with van der Waals surface area (Å²) in [5, 5.41) is 9.61. The molecule has 8 nitrogen and oxygen atoms in total. The number of unbranched alkanes of at least 4 members (excludes halogenated alkanes) is 6. The lowest BCUT2D eigenvalue weighted by Gasteiger charge is -2.31. The van der Waals surface area contributed by atoms with Crippen LogP contribution in [0, 0.1) is 0 Å². The first-order valence-corrected chi connectivity index (χ1v) is 21.3. The lowest BCUT2D eigenvalue weighted by molar-refractivity contribution is -0.887. The highest BCUT2D eigenvalue weighted by Crippen LogP contribution is 2.11. The first-order valence-electron chi connectivity index (χ1n) is 21.3. The molecule has 0 saturated carbocycles. The maximum Gasteiger partial charge on any atom is 0.362 e. The highest BCUT2D eigenvalue weighted by molar-refractivity contribution is 5.72. The Kier molecular flexibility index (Phi) is 35.6. The third-order valence-electron chi connectivity index (χ3n) is 8.73. The fourth-order valence-corrected chi connectivity index (χ4v) is 5.48. The summed E-state index contributed by atoms with van der Waals surface area (Å²) in [5.74, 6) is -1.57. The van der Waals surface area contributed by atoms with Gasteiger partial charge >= 0.3 is 17.9 Å². The molecule has 0 aliphatic heterocycles. The van der Waals surface area contributed by atoms with E-state index >= 15 is 0 Å². The minimum Gasteiger partial charge on any atom is -0.477 e. The van der Waals surface area contributed by atoms with Gasteiger partial charge in [0, 0.05) is 19.3 Å². The summed E-state index contributed by atoms with van der Waals surface area (Å²) >= 11 is 0. The normalized spacial score (nSPS) is 13.9. The van der Waals surface area contributed by atoms with Crippen LogP contribution >= 0.6 is 0 Å². The Morgan fingerprint density at radius 2 is 0.946 bits per heavy atom. The van der Waals surface area contributed by atoms with Crippen molar-refractivity contribution in [3.8, 4) is 0 Å². The quantitative estimate of drug-likeness (QED) is 0.0292. The van der Waals surface area contributed by atoms with Crippen molar-refractivity contribution in [2.45, 2.75) is 148 Å². The molecule has 0 aromatic carbocycles. The highest BCUT2D eigenvalue weighted by atomic mass is 16.6. The second-order valence-electron chi connectivity index (χ2n) is 14.8. The predicted octanol–water partition coefficient (Wildman–Crippen LogP) is 11.5. The van der Waals surface area contributed by atoms with Crippen LogP contribution in [-0.2, 0) is 28.6 Å². The van der Waals surface area contributed by atoms with Crippen molar-refractivity contribution in [3.05, 3.63) is 97.2 Å². The molecule has 0 fully saturated rings. The summed E-state index contributed by atoms with van der Waals surface area (Å²) in [6.07, 6.45) is 50.2. The van der Waals surface area contributed by atoms with E-state index in [1.54, 1.807) is 0 Å². The Labute approximate surface area is 341 Å². The van der Waals surface area contributed by atoms with Crippen molar-refractivity contribution in [1.29, 1.82) is 0 Å². The molecule has 0 rings (SSSR count). The summed E-state index contributed by atoms with van der Waals surface area (Å²) in [6.45, 7) is 4.41. The zero-order valence-electron chi connectivity index (χ0n) is 35.8.